The number of aryl methyl sites for hydroxylation is 1. The summed E-state index contributed by atoms with van der Waals surface area (Å²) in [6.07, 6.45) is 4.90. The molecular weight excluding hydrogens is 523 g/mol. The Labute approximate surface area is 246 Å². The van der Waals surface area contributed by atoms with Crippen LogP contribution in [0, 0.1) is 12.8 Å². The van der Waals surface area contributed by atoms with Gasteiger partial charge in [0.1, 0.15) is 6.10 Å². The normalized spacial score (nSPS) is 18.5. The van der Waals surface area contributed by atoms with Gasteiger partial charge in [-0.1, -0.05) is 103 Å². The Morgan fingerprint density at radius 2 is 1.61 bits per heavy atom. The standard InChI is InChI=1S/C19H20N2O2.C7H11FO3.C3H8.2C2H6/c1-14-6-2-4-8-16(14)19(23)21(13-22)12-18-17-9-5-3-7-15(17)10-11-20-18;8-11-6-4-2-1-3-5(6)7(9)10;1-3-2;2*1-2/h2-9,13,18,20H,10-12H2,1H3;5-6H,1-4H2,(H,9,10);3H2,1-2H3;2*1-2H3. The van der Waals surface area contributed by atoms with Gasteiger partial charge >= 0.3 is 5.97 Å². The molecule has 2 N–H and O–H groups in total. The number of halogens is 1. The first-order valence-electron chi connectivity index (χ1n) is 15.0. The lowest BCUT2D eigenvalue weighted by molar-refractivity contribution is -0.209. The molecule has 2 aromatic rings. The molecule has 7 nitrogen and oxygen atoms in total. The second kappa shape index (κ2) is 22.6. The highest BCUT2D eigenvalue weighted by atomic mass is 19.3. The molecule has 0 aromatic heterocycles. The Kier molecular flexibility index (Phi) is 20.9. The van der Waals surface area contributed by atoms with Crippen molar-refractivity contribution < 1.29 is 29.0 Å². The van der Waals surface area contributed by atoms with Crippen LogP contribution in [-0.2, 0) is 21.0 Å². The molecule has 230 valence electrons. The topological polar surface area (TPSA) is 95.9 Å². The van der Waals surface area contributed by atoms with Crippen molar-refractivity contribution in [1.82, 2.24) is 10.2 Å². The monoisotopic (exact) mass is 574 g/mol. The van der Waals surface area contributed by atoms with E-state index in [0.29, 0.717) is 31.4 Å². The maximum Gasteiger partial charge on any atom is 0.309 e. The number of carboxylic acid groups (broad SMARTS) is 1. The third kappa shape index (κ3) is 12.5. The van der Waals surface area contributed by atoms with Gasteiger partial charge < -0.3 is 10.4 Å². The van der Waals surface area contributed by atoms with E-state index < -0.39 is 18.0 Å². The van der Waals surface area contributed by atoms with Crippen LogP contribution in [0.25, 0.3) is 0 Å². The van der Waals surface area contributed by atoms with Crippen LogP contribution < -0.4 is 5.32 Å². The Bertz CT molecular complexity index is 1020. The van der Waals surface area contributed by atoms with Gasteiger partial charge in [-0.3, -0.25) is 19.3 Å². The van der Waals surface area contributed by atoms with Gasteiger partial charge in [0.25, 0.3) is 5.91 Å². The number of benzene rings is 2. The van der Waals surface area contributed by atoms with Crippen LogP contribution in [0.2, 0.25) is 0 Å². The molecule has 0 bridgehead atoms. The minimum atomic E-state index is -0.952. The smallest absolute Gasteiger partial charge is 0.309 e. The summed E-state index contributed by atoms with van der Waals surface area (Å²) in [6.45, 7) is 15.3. The van der Waals surface area contributed by atoms with Gasteiger partial charge in [-0.05, 0) is 60.0 Å². The number of imide groups is 1. The van der Waals surface area contributed by atoms with Crippen LogP contribution in [-0.4, -0.2) is 47.5 Å². The summed E-state index contributed by atoms with van der Waals surface area (Å²) in [6, 6.07) is 15.5. The van der Waals surface area contributed by atoms with E-state index >= 15 is 0 Å². The summed E-state index contributed by atoms with van der Waals surface area (Å²) >= 11 is 0. The number of amides is 2. The van der Waals surface area contributed by atoms with Crippen molar-refractivity contribution in [2.75, 3.05) is 13.1 Å². The molecular formula is C33H51FN2O5. The van der Waals surface area contributed by atoms with Gasteiger partial charge in [-0.2, -0.15) is 4.94 Å². The number of rotatable bonds is 6. The first-order valence-corrected chi connectivity index (χ1v) is 15.0. The van der Waals surface area contributed by atoms with Gasteiger partial charge in [-0.25, -0.2) is 0 Å². The summed E-state index contributed by atoms with van der Waals surface area (Å²) in [7, 11) is 0. The second-order valence-electron chi connectivity index (χ2n) is 9.40. The molecule has 8 heteroatoms. The SMILES string of the molecule is CC.CC.CCC.Cc1ccccc1C(=O)N(C=O)CC1NCCc2ccccc21.O=C(O)C1CCCCC1OF. The highest BCUT2D eigenvalue weighted by molar-refractivity contribution is 6.01. The average molecular weight is 575 g/mol. The lowest BCUT2D eigenvalue weighted by atomic mass is 9.87. The third-order valence-electron chi connectivity index (χ3n) is 6.49. The zero-order valence-electron chi connectivity index (χ0n) is 26.0. The molecule has 2 amide bonds. The van der Waals surface area contributed by atoms with Crippen LogP contribution in [0.5, 0.6) is 0 Å². The van der Waals surface area contributed by atoms with Gasteiger partial charge in [0.05, 0.1) is 12.0 Å². The lowest BCUT2D eigenvalue weighted by Gasteiger charge is -2.30. The van der Waals surface area contributed by atoms with E-state index in [2.05, 4.69) is 36.2 Å². The maximum absolute atomic E-state index is 12.6. The van der Waals surface area contributed by atoms with Crippen LogP contribution in [0.3, 0.4) is 0 Å². The summed E-state index contributed by atoms with van der Waals surface area (Å²) in [4.78, 5) is 39.5. The van der Waals surface area contributed by atoms with E-state index in [-0.39, 0.29) is 11.9 Å². The summed E-state index contributed by atoms with van der Waals surface area (Å²) in [5, 5.41) is 12.0. The average Bonchev–Trinajstić information content (AvgIpc) is 3.02. The van der Waals surface area contributed by atoms with Crippen molar-refractivity contribution in [3.63, 3.8) is 0 Å². The zero-order chi connectivity index (χ0) is 31.2. The molecule has 1 heterocycles. The molecule has 4 rings (SSSR count). The number of fused-ring (bicyclic) bond motifs is 1. The van der Waals surface area contributed by atoms with Crippen molar-refractivity contribution >= 4 is 18.3 Å². The largest absolute Gasteiger partial charge is 0.481 e. The third-order valence-corrected chi connectivity index (χ3v) is 6.49. The highest BCUT2D eigenvalue weighted by Crippen LogP contribution is 2.27. The predicted molar refractivity (Wildman–Crippen MR) is 163 cm³/mol. The summed E-state index contributed by atoms with van der Waals surface area (Å²) < 4.78 is 11.7. The van der Waals surface area contributed by atoms with Gasteiger partial charge in [-0.15, -0.1) is 0 Å². The number of aliphatic carboxylic acids is 1. The molecule has 1 saturated carbocycles. The van der Waals surface area contributed by atoms with Crippen molar-refractivity contribution in [2.45, 2.75) is 99.1 Å². The van der Waals surface area contributed by atoms with Gasteiger partial charge in [0, 0.05) is 12.1 Å². The van der Waals surface area contributed by atoms with E-state index in [0.717, 1.165) is 31.4 Å². The number of hydrogen-bond acceptors (Lipinski definition) is 5. The highest BCUT2D eigenvalue weighted by Gasteiger charge is 2.32. The molecule has 1 fully saturated rings. The second-order valence-corrected chi connectivity index (χ2v) is 9.40. The first kappa shape index (κ1) is 37.9. The molecule has 0 radical (unpaired) electrons. The molecule has 1 aliphatic carbocycles. The quantitative estimate of drug-likeness (QED) is 0.347. The fraction of sp³-hybridized carbons (Fsp3) is 0.545. The van der Waals surface area contributed by atoms with Crippen LogP contribution in [0.1, 0.15) is 107 Å². The number of carbonyl (C=O) groups is 3. The van der Waals surface area contributed by atoms with Crippen molar-refractivity contribution in [3.8, 4) is 0 Å². The van der Waals surface area contributed by atoms with Crippen molar-refractivity contribution in [2.24, 2.45) is 5.92 Å². The van der Waals surface area contributed by atoms with Crippen molar-refractivity contribution in [1.29, 1.82) is 0 Å². The first-order chi connectivity index (χ1) is 19.9. The van der Waals surface area contributed by atoms with Crippen LogP contribution >= 0.6 is 0 Å². The Morgan fingerprint density at radius 3 is 2.17 bits per heavy atom. The zero-order valence-corrected chi connectivity index (χ0v) is 26.0. The van der Waals surface area contributed by atoms with Crippen LogP contribution in [0.4, 0.5) is 4.53 Å². The van der Waals surface area contributed by atoms with E-state index in [4.69, 9.17) is 5.11 Å². The number of nitrogens with zero attached hydrogens (tertiary/aromatic N) is 1. The summed E-state index contributed by atoms with van der Waals surface area (Å²) in [5.74, 6) is -1.84. The van der Waals surface area contributed by atoms with Crippen LogP contribution in [0.15, 0.2) is 48.5 Å². The Balaban J connectivity index is 0.000000744. The molecule has 0 spiro atoms. The molecule has 2 aromatic carbocycles. The van der Waals surface area contributed by atoms with E-state index in [1.54, 1.807) is 6.07 Å². The van der Waals surface area contributed by atoms with Gasteiger partial charge in [0.2, 0.25) is 6.41 Å². The minimum Gasteiger partial charge on any atom is -0.481 e. The molecule has 1 aliphatic heterocycles. The van der Waals surface area contributed by atoms with Crippen molar-refractivity contribution in [3.05, 3.63) is 70.8 Å². The lowest BCUT2D eigenvalue weighted by Crippen LogP contribution is -2.41. The molecule has 41 heavy (non-hydrogen) atoms. The fourth-order valence-electron chi connectivity index (χ4n) is 4.58. The predicted octanol–water partition coefficient (Wildman–Crippen LogP) is 7.48. The number of hydrogen-bond donors (Lipinski definition) is 2. The Hall–Kier alpha value is -3.10. The summed E-state index contributed by atoms with van der Waals surface area (Å²) in [5.41, 5.74) is 3.90. The van der Waals surface area contributed by atoms with E-state index in [9.17, 15) is 18.9 Å². The number of nitrogens with one attached hydrogen (secondary N) is 1. The number of carboxylic acids is 1. The molecule has 0 saturated heterocycles. The maximum atomic E-state index is 12.6. The molecule has 3 atom stereocenters. The fourth-order valence-corrected chi connectivity index (χ4v) is 4.58. The minimum absolute atomic E-state index is 0.0156. The van der Waals surface area contributed by atoms with Gasteiger partial charge in [0.15, 0.2) is 0 Å². The Morgan fingerprint density at radius 1 is 1.02 bits per heavy atom. The molecule has 3 unspecified atom stereocenters. The number of carbonyl (C=O) groups excluding carboxylic acids is 2. The molecule has 2 aliphatic rings. The van der Waals surface area contributed by atoms with E-state index in [1.807, 2.05) is 65.0 Å². The van der Waals surface area contributed by atoms with E-state index in [1.165, 1.54) is 22.4 Å².